The third-order valence-electron chi connectivity index (χ3n) is 3.06. The summed E-state index contributed by atoms with van der Waals surface area (Å²) >= 11 is 17.0. The number of H-pyrrole nitrogens is 1. The van der Waals surface area contributed by atoms with Crippen LogP contribution in [0.1, 0.15) is 10.5 Å². The van der Waals surface area contributed by atoms with Crippen LogP contribution in [0.2, 0.25) is 10.2 Å². The third-order valence-corrected chi connectivity index (χ3v) is 3.89. The highest BCUT2D eigenvalue weighted by Gasteiger charge is 2.13. The maximum absolute atomic E-state index is 12.3. The summed E-state index contributed by atoms with van der Waals surface area (Å²) in [5, 5.41) is 3.18. The van der Waals surface area contributed by atoms with Crippen LogP contribution in [0.25, 0.3) is 5.69 Å². The van der Waals surface area contributed by atoms with Crippen LogP contribution in [0.5, 0.6) is 0 Å². The van der Waals surface area contributed by atoms with Gasteiger partial charge in [-0.15, -0.1) is 0 Å². The van der Waals surface area contributed by atoms with Crippen molar-refractivity contribution in [1.29, 1.82) is 0 Å². The zero-order valence-corrected chi connectivity index (χ0v) is 13.9. The van der Waals surface area contributed by atoms with Crippen LogP contribution in [0.3, 0.4) is 0 Å². The van der Waals surface area contributed by atoms with Gasteiger partial charge in [0.05, 0.1) is 5.02 Å². The topological polar surface area (TPSA) is 62.7 Å². The van der Waals surface area contributed by atoms with Crippen molar-refractivity contribution in [1.82, 2.24) is 14.5 Å². The van der Waals surface area contributed by atoms with Crippen LogP contribution in [-0.2, 0) is 0 Å². The molecule has 0 unspecified atom stereocenters. The van der Waals surface area contributed by atoms with Crippen LogP contribution in [0.15, 0.2) is 48.8 Å². The number of halogens is 2. The summed E-state index contributed by atoms with van der Waals surface area (Å²) in [6.07, 6.45) is 3.54. The lowest BCUT2D eigenvalue weighted by molar-refractivity contribution is 0.102. The first-order chi connectivity index (χ1) is 11.0. The highest BCUT2D eigenvalue weighted by atomic mass is 35.5. The van der Waals surface area contributed by atoms with Crippen LogP contribution >= 0.6 is 35.4 Å². The summed E-state index contributed by atoms with van der Waals surface area (Å²) in [7, 11) is 0. The van der Waals surface area contributed by atoms with Crippen molar-refractivity contribution in [2.24, 2.45) is 0 Å². The van der Waals surface area contributed by atoms with Gasteiger partial charge < -0.3 is 10.3 Å². The number of hydrogen-bond acceptors (Lipinski definition) is 3. The number of anilines is 1. The number of aromatic amines is 1. The molecule has 2 heterocycles. The Balaban J connectivity index is 1.89. The molecule has 5 nitrogen and oxygen atoms in total. The lowest BCUT2D eigenvalue weighted by atomic mass is 10.2. The first-order valence-electron chi connectivity index (χ1n) is 6.54. The minimum atomic E-state index is -0.438. The van der Waals surface area contributed by atoms with E-state index in [1.165, 1.54) is 12.1 Å². The Kier molecular flexibility index (Phi) is 4.47. The van der Waals surface area contributed by atoms with E-state index in [0.717, 1.165) is 5.69 Å². The van der Waals surface area contributed by atoms with E-state index in [2.05, 4.69) is 15.3 Å². The van der Waals surface area contributed by atoms with E-state index >= 15 is 0 Å². The third kappa shape index (κ3) is 3.44. The number of amides is 1. The van der Waals surface area contributed by atoms with E-state index in [1.54, 1.807) is 29.1 Å². The Morgan fingerprint density at radius 3 is 2.83 bits per heavy atom. The fourth-order valence-corrected chi connectivity index (χ4v) is 2.60. The summed E-state index contributed by atoms with van der Waals surface area (Å²) in [6, 6.07) is 10.3. The number of aromatic nitrogens is 3. The quantitative estimate of drug-likeness (QED) is 0.531. The molecular weight excluding hydrogens is 355 g/mol. The van der Waals surface area contributed by atoms with Crippen LogP contribution < -0.4 is 5.32 Å². The lowest BCUT2D eigenvalue weighted by Gasteiger charge is -2.09. The molecule has 0 aliphatic rings. The molecule has 0 aliphatic heterocycles. The van der Waals surface area contributed by atoms with Crippen molar-refractivity contribution in [2.75, 3.05) is 5.32 Å². The molecule has 2 N–H and O–H groups in total. The number of imidazole rings is 1. The number of nitrogens with one attached hydrogen (secondary N) is 2. The Bertz CT molecular complexity index is 935. The molecule has 0 fully saturated rings. The molecule has 2 aromatic heterocycles. The first kappa shape index (κ1) is 15.7. The Morgan fingerprint density at radius 2 is 2.09 bits per heavy atom. The van der Waals surface area contributed by atoms with Crippen molar-refractivity contribution in [3.8, 4) is 5.69 Å². The fraction of sp³-hybridized carbons (Fsp3) is 0. The van der Waals surface area contributed by atoms with Gasteiger partial charge in [-0.3, -0.25) is 9.36 Å². The van der Waals surface area contributed by atoms with Gasteiger partial charge in [0.2, 0.25) is 0 Å². The summed E-state index contributed by atoms with van der Waals surface area (Å²) in [6.45, 7) is 0. The van der Waals surface area contributed by atoms with Gasteiger partial charge in [0.25, 0.3) is 5.91 Å². The number of carbonyl (C=O) groups excluding carboxylic acids is 1. The average Bonchev–Trinajstić information content (AvgIpc) is 2.96. The van der Waals surface area contributed by atoms with Gasteiger partial charge in [-0.05, 0) is 42.5 Å². The van der Waals surface area contributed by atoms with Crippen LogP contribution in [0, 0.1) is 4.77 Å². The minimum absolute atomic E-state index is 0.0721. The van der Waals surface area contributed by atoms with E-state index in [-0.39, 0.29) is 15.9 Å². The first-order valence-corrected chi connectivity index (χ1v) is 7.71. The highest BCUT2D eigenvalue weighted by Crippen LogP contribution is 2.20. The molecular formula is C15H10Cl2N4OS. The normalized spacial score (nSPS) is 10.5. The van der Waals surface area contributed by atoms with Crippen molar-refractivity contribution < 1.29 is 4.79 Å². The maximum Gasteiger partial charge on any atom is 0.275 e. The van der Waals surface area contributed by atoms with E-state index in [4.69, 9.17) is 35.4 Å². The number of hydrogen-bond donors (Lipinski definition) is 2. The number of rotatable bonds is 3. The van der Waals surface area contributed by atoms with Gasteiger partial charge in [0.15, 0.2) is 4.77 Å². The summed E-state index contributed by atoms with van der Waals surface area (Å²) in [5.41, 5.74) is 1.48. The molecule has 0 spiro atoms. The second kappa shape index (κ2) is 6.54. The molecule has 0 bridgehead atoms. The molecule has 3 rings (SSSR count). The Labute approximate surface area is 146 Å². The highest BCUT2D eigenvalue weighted by molar-refractivity contribution is 7.71. The Morgan fingerprint density at radius 1 is 1.26 bits per heavy atom. The number of pyridine rings is 1. The van der Waals surface area contributed by atoms with E-state index in [0.29, 0.717) is 10.5 Å². The molecule has 23 heavy (non-hydrogen) atoms. The zero-order chi connectivity index (χ0) is 16.4. The van der Waals surface area contributed by atoms with Crippen molar-refractivity contribution in [3.05, 3.63) is 69.4 Å². The van der Waals surface area contributed by atoms with Crippen molar-refractivity contribution >= 4 is 47.0 Å². The molecule has 1 amide bonds. The largest absolute Gasteiger partial charge is 0.337 e. The standard InChI is InChI=1S/C15H10Cl2N4OS/c16-11-4-5-12(17)20-13(11)14(22)19-9-2-1-3-10(8-9)21-7-6-18-15(21)23/h1-8H,(H,18,23)(H,19,22). The maximum atomic E-state index is 12.3. The lowest BCUT2D eigenvalue weighted by Crippen LogP contribution is -2.14. The predicted molar refractivity (Wildman–Crippen MR) is 93.2 cm³/mol. The molecule has 0 radical (unpaired) electrons. The molecule has 0 saturated carbocycles. The molecule has 1 aromatic carbocycles. The van der Waals surface area contributed by atoms with Crippen LogP contribution in [-0.4, -0.2) is 20.4 Å². The zero-order valence-electron chi connectivity index (χ0n) is 11.6. The molecule has 8 heteroatoms. The van der Waals surface area contributed by atoms with Crippen molar-refractivity contribution in [2.45, 2.75) is 0 Å². The summed E-state index contributed by atoms with van der Waals surface area (Å²) < 4.78 is 2.35. The summed E-state index contributed by atoms with van der Waals surface area (Å²) in [4.78, 5) is 19.2. The minimum Gasteiger partial charge on any atom is -0.337 e. The smallest absolute Gasteiger partial charge is 0.275 e. The predicted octanol–water partition coefficient (Wildman–Crippen LogP) is 4.49. The Hall–Kier alpha value is -2.15. The summed E-state index contributed by atoms with van der Waals surface area (Å²) in [5.74, 6) is -0.438. The average molecular weight is 365 g/mol. The van der Waals surface area contributed by atoms with Gasteiger partial charge in [-0.1, -0.05) is 29.3 Å². The molecule has 0 saturated heterocycles. The fourth-order valence-electron chi connectivity index (χ4n) is 2.03. The number of carbonyl (C=O) groups is 1. The van der Waals surface area contributed by atoms with Crippen molar-refractivity contribution in [3.63, 3.8) is 0 Å². The van der Waals surface area contributed by atoms with Gasteiger partial charge in [0.1, 0.15) is 10.8 Å². The number of nitrogens with zero attached hydrogens (tertiary/aromatic N) is 2. The van der Waals surface area contributed by atoms with Gasteiger partial charge in [0, 0.05) is 23.8 Å². The van der Waals surface area contributed by atoms with E-state index < -0.39 is 5.91 Å². The van der Waals surface area contributed by atoms with Crippen LogP contribution in [0.4, 0.5) is 5.69 Å². The molecule has 116 valence electrons. The van der Waals surface area contributed by atoms with Gasteiger partial charge >= 0.3 is 0 Å². The number of benzene rings is 1. The SMILES string of the molecule is O=C(Nc1cccc(-n2cc[nH]c2=S)c1)c1nc(Cl)ccc1Cl. The second-order valence-corrected chi connectivity index (χ2v) is 5.79. The second-order valence-electron chi connectivity index (χ2n) is 4.60. The molecule has 0 aliphatic carbocycles. The van der Waals surface area contributed by atoms with Gasteiger partial charge in [-0.25, -0.2) is 4.98 Å². The van der Waals surface area contributed by atoms with E-state index in [1.807, 2.05) is 12.1 Å². The van der Waals surface area contributed by atoms with Gasteiger partial charge in [-0.2, -0.15) is 0 Å². The monoisotopic (exact) mass is 364 g/mol. The molecule has 0 atom stereocenters. The van der Waals surface area contributed by atoms with E-state index in [9.17, 15) is 4.79 Å². The molecule has 3 aromatic rings.